The number of carbonyl (C=O) groups is 1. The van der Waals surface area contributed by atoms with E-state index in [9.17, 15) is 20.1 Å². The van der Waals surface area contributed by atoms with Crippen molar-refractivity contribution in [1.82, 2.24) is 5.06 Å². The largest absolute Gasteiger partial charge is 0.507 e. The molecule has 94 valence electrons. The van der Waals surface area contributed by atoms with Gasteiger partial charge in [0.2, 0.25) is 0 Å². The van der Waals surface area contributed by atoms with Crippen molar-refractivity contribution in [3.8, 4) is 5.75 Å². The quantitative estimate of drug-likeness (QED) is 0.523. The van der Waals surface area contributed by atoms with Crippen LogP contribution in [0.2, 0.25) is 0 Å². The van der Waals surface area contributed by atoms with Gasteiger partial charge in [0, 0.05) is 0 Å². The summed E-state index contributed by atoms with van der Waals surface area (Å²) in [7, 11) is 0. The van der Waals surface area contributed by atoms with Crippen molar-refractivity contribution < 1.29 is 25.0 Å². The molecule has 0 saturated heterocycles. The number of benzene rings is 1. The monoisotopic (exact) mass is 241 g/mol. The molecular weight excluding hydrogens is 226 g/mol. The highest BCUT2D eigenvalue weighted by Crippen LogP contribution is 2.18. The van der Waals surface area contributed by atoms with Gasteiger partial charge in [0.05, 0.1) is 0 Å². The minimum absolute atomic E-state index is 0.0428. The van der Waals surface area contributed by atoms with E-state index in [-0.39, 0.29) is 11.3 Å². The molecule has 0 radical (unpaired) electrons. The number of hydrogen-bond donors (Lipinski definition) is 3. The highest BCUT2D eigenvalue weighted by Gasteiger charge is 2.23. The van der Waals surface area contributed by atoms with Crippen molar-refractivity contribution in [3.05, 3.63) is 29.8 Å². The average Bonchev–Trinajstić information content (AvgIpc) is 2.25. The van der Waals surface area contributed by atoms with Crippen LogP contribution < -0.4 is 0 Å². The van der Waals surface area contributed by atoms with Gasteiger partial charge in [-0.3, -0.25) is 0 Å². The lowest BCUT2D eigenvalue weighted by Crippen LogP contribution is -2.41. The number of nitrogens with zero attached hydrogens (tertiary/aromatic N) is 1. The number of hydroxylamine groups is 2. The number of rotatable bonds is 4. The van der Waals surface area contributed by atoms with Crippen molar-refractivity contribution >= 4 is 5.97 Å². The van der Waals surface area contributed by atoms with E-state index in [0.717, 1.165) is 5.06 Å². The second-order valence-corrected chi connectivity index (χ2v) is 3.52. The molecule has 17 heavy (non-hydrogen) atoms. The fourth-order valence-corrected chi connectivity index (χ4v) is 1.26. The van der Waals surface area contributed by atoms with E-state index < -0.39 is 18.4 Å². The molecule has 1 rings (SSSR count). The molecule has 2 atom stereocenters. The Labute approximate surface area is 98.6 Å². The first-order valence-corrected chi connectivity index (χ1v) is 5.08. The second-order valence-electron chi connectivity index (χ2n) is 3.52. The number of hydrogen-bond acceptors (Lipinski definition) is 6. The van der Waals surface area contributed by atoms with Crippen LogP contribution in [0.15, 0.2) is 24.3 Å². The van der Waals surface area contributed by atoms with Crippen LogP contribution >= 0.6 is 0 Å². The third-order valence-corrected chi connectivity index (χ3v) is 2.05. The Balaban J connectivity index is 2.82. The van der Waals surface area contributed by atoms with Crippen molar-refractivity contribution in [1.29, 1.82) is 0 Å². The highest BCUT2D eigenvalue weighted by molar-refractivity contribution is 5.92. The summed E-state index contributed by atoms with van der Waals surface area (Å²) < 4.78 is 0. The predicted molar refractivity (Wildman–Crippen MR) is 58.7 cm³/mol. The number of aliphatic hydroxyl groups excluding tert-OH is 2. The normalized spacial score (nSPS) is 14.4. The van der Waals surface area contributed by atoms with Crippen LogP contribution in [-0.2, 0) is 4.84 Å². The smallest absolute Gasteiger partial charge is 0.360 e. The Kier molecular flexibility index (Phi) is 4.45. The molecule has 0 aliphatic carbocycles. The highest BCUT2D eigenvalue weighted by atomic mass is 16.7. The van der Waals surface area contributed by atoms with Crippen LogP contribution in [-0.4, -0.2) is 38.8 Å². The Morgan fingerprint density at radius 2 is 1.76 bits per heavy atom. The van der Waals surface area contributed by atoms with Gasteiger partial charge in [-0.25, -0.2) is 4.79 Å². The van der Waals surface area contributed by atoms with E-state index in [1.807, 2.05) is 0 Å². The van der Waals surface area contributed by atoms with E-state index in [0.29, 0.717) is 0 Å². The average molecular weight is 241 g/mol. The van der Waals surface area contributed by atoms with Gasteiger partial charge in [0.15, 0.2) is 0 Å². The summed E-state index contributed by atoms with van der Waals surface area (Å²) in [6, 6.07) is 5.84. The van der Waals surface area contributed by atoms with E-state index in [2.05, 4.69) is 0 Å². The number of aliphatic hydroxyl groups is 2. The summed E-state index contributed by atoms with van der Waals surface area (Å²) in [5, 5.41) is 28.7. The van der Waals surface area contributed by atoms with E-state index >= 15 is 0 Å². The Hall–Kier alpha value is -1.63. The zero-order valence-corrected chi connectivity index (χ0v) is 9.57. The fourth-order valence-electron chi connectivity index (χ4n) is 1.26. The predicted octanol–water partition coefficient (Wildman–Crippen LogP) is 0.443. The summed E-state index contributed by atoms with van der Waals surface area (Å²) in [6.07, 6.45) is -2.32. The summed E-state index contributed by atoms with van der Waals surface area (Å²) in [5.74, 6) is -1.08. The van der Waals surface area contributed by atoms with Crippen LogP contribution in [0, 0.1) is 0 Å². The summed E-state index contributed by atoms with van der Waals surface area (Å²) in [6.45, 7) is 2.68. The van der Waals surface area contributed by atoms with Gasteiger partial charge >= 0.3 is 5.97 Å². The van der Waals surface area contributed by atoms with Crippen molar-refractivity contribution in [2.45, 2.75) is 26.3 Å². The SMILES string of the molecule is CC(O)N(OC(=O)c1ccccc1O)C(C)O. The number of phenolic OH excluding ortho intramolecular Hbond substituents is 1. The van der Waals surface area contributed by atoms with Crippen LogP contribution in [0.3, 0.4) is 0 Å². The van der Waals surface area contributed by atoms with Gasteiger partial charge in [-0.1, -0.05) is 17.2 Å². The molecule has 6 heteroatoms. The standard InChI is InChI=1S/C11H15NO5/c1-7(13)12(8(2)14)17-11(16)9-5-3-4-6-10(9)15/h3-8,13-15H,1-2H3. The maximum Gasteiger partial charge on any atom is 0.360 e. The molecule has 0 aromatic heterocycles. The van der Waals surface area contributed by atoms with Crippen LogP contribution in [0.1, 0.15) is 24.2 Å². The second kappa shape index (κ2) is 5.62. The molecule has 0 aliphatic rings. The lowest BCUT2D eigenvalue weighted by Gasteiger charge is -2.26. The van der Waals surface area contributed by atoms with Gasteiger partial charge in [-0.2, -0.15) is 0 Å². The first-order valence-electron chi connectivity index (χ1n) is 5.08. The third-order valence-electron chi connectivity index (χ3n) is 2.05. The lowest BCUT2D eigenvalue weighted by molar-refractivity contribution is -0.256. The van der Waals surface area contributed by atoms with E-state index in [4.69, 9.17) is 4.84 Å². The molecule has 2 unspecified atom stereocenters. The van der Waals surface area contributed by atoms with Gasteiger partial charge < -0.3 is 20.2 Å². The molecule has 3 N–H and O–H groups in total. The van der Waals surface area contributed by atoms with Gasteiger partial charge in [-0.15, -0.1) is 0 Å². The minimum atomic E-state index is -1.16. The van der Waals surface area contributed by atoms with Crippen LogP contribution in [0.5, 0.6) is 5.75 Å². The maximum atomic E-state index is 11.6. The molecule has 1 aromatic rings. The van der Waals surface area contributed by atoms with Gasteiger partial charge in [0.1, 0.15) is 23.8 Å². The minimum Gasteiger partial charge on any atom is -0.507 e. The zero-order valence-electron chi connectivity index (χ0n) is 9.57. The Morgan fingerprint density at radius 3 is 2.24 bits per heavy atom. The number of carbonyl (C=O) groups excluding carboxylic acids is 1. The molecule has 0 saturated carbocycles. The maximum absolute atomic E-state index is 11.6. The molecule has 0 bridgehead atoms. The van der Waals surface area contributed by atoms with Crippen molar-refractivity contribution in [2.75, 3.05) is 0 Å². The first kappa shape index (κ1) is 13.4. The van der Waals surface area contributed by atoms with Crippen LogP contribution in [0.4, 0.5) is 0 Å². The summed E-state index contributed by atoms with van der Waals surface area (Å²) in [5.41, 5.74) is -0.0428. The molecule has 0 amide bonds. The Morgan fingerprint density at radius 1 is 1.24 bits per heavy atom. The number of aromatic hydroxyl groups is 1. The molecule has 6 nitrogen and oxygen atoms in total. The van der Waals surface area contributed by atoms with Crippen molar-refractivity contribution in [2.24, 2.45) is 0 Å². The van der Waals surface area contributed by atoms with Gasteiger partial charge in [0.25, 0.3) is 0 Å². The number of para-hydroxylation sites is 1. The molecule has 1 aromatic carbocycles. The summed E-state index contributed by atoms with van der Waals surface area (Å²) >= 11 is 0. The van der Waals surface area contributed by atoms with Gasteiger partial charge in [-0.05, 0) is 26.0 Å². The van der Waals surface area contributed by atoms with Crippen molar-refractivity contribution in [3.63, 3.8) is 0 Å². The summed E-state index contributed by atoms with van der Waals surface area (Å²) in [4.78, 5) is 16.4. The molecular formula is C11H15NO5. The topological polar surface area (TPSA) is 90.2 Å². The molecule has 0 heterocycles. The fraction of sp³-hybridized carbons (Fsp3) is 0.364. The number of phenols is 1. The lowest BCUT2D eigenvalue weighted by atomic mass is 10.2. The Bertz CT molecular complexity index is 383. The third kappa shape index (κ3) is 3.42. The zero-order chi connectivity index (χ0) is 13.0. The molecule has 0 fully saturated rings. The molecule has 0 spiro atoms. The first-order chi connectivity index (χ1) is 7.93. The van der Waals surface area contributed by atoms with E-state index in [1.54, 1.807) is 12.1 Å². The molecule has 0 aliphatic heterocycles. The van der Waals surface area contributed by atoms with Crippen LogP contribution in [0.25, 0.3) is 0 Å². The van der Waals surface area contributed by atoms with E-state index in [1.165, 1.54) is 26.0 Å².